The molecule has 0 spiro atoms. The van der Waals surface area contributed by atoms with Gasteiger partial charge in [0.1, 0.15) is 13.2 Å². The van der Waals surface area contributed by atoms with Crippen molar-refractivity contribution in [2.75, 3.05) is 26.3 Å². The first-order valence-corrected chi connectivity index (χ1v) is 7.60. The molecule has 124 valence electrons. The number of morpholine rings is 1. The van der Waals surface area contributed by atoms with Gasteiger partial charge in [-0.3, -0.25) is 4.79 Å². The lowest BCUT2D eigenvalue weighted by atomic mass is 10.0. The Morgan fingerprint density at radius 3 is 2.87 bits per heavy atom. The largest absolute Gasteiger partial charge is 0.445 e. The number of likely N-dealkylation sites (tertiary alicyclic amines) is 1. The molecule has 2 heterocycles. The van der Waals surface area contributed by atoms with Crippen LogP contribution in [0.5, 0.6) is 0 Å². The lowest BCUT2D eigenvalue weighted by Gasteiger charge is -2.36. The van der Waals surface area contributed by atoms with E-state index in [1.54, 1.807) is 4.90 Å². The first-order valence-electron chi connectivity index (χ1n) is 7.60. The Balaban J connectivity index is 1.45. The number of nitrogens with zero attached hydrogens (tertiary/aromatic N) is 1. The van der Waals surface area contributed by atoms with Crippen molar-refractivity contribution in [2.24, 2.45) is 0 Å². The number of hydrogen-bond acceptors (Lipinski definition) is 5. The Labute approximate surface area is 134 Å². The summed E-state index contributed by atoms with van der Waals surface area (Å²) in [6.07, 6.45) is -0.00904. The molecule has 2 aliphatic heterocycles. The third kappa shape index (κ3) is 3.30. The van der Waals surface area contributed by atoms with Gasteiger partial charge >= 0.3 is 6.09 Å². The second-order valence-corrected chi connectivity index (χ2v) is 5.94. The van der Waals surface area contributed by atoms with Crippen molar-refractivity contribution in [3.63, 3.8) is 0 Å². The summed E-state index contributed by atoms with van der Waals surface area (Å²) in [4.78, 5) is 25.5. The predicted octanol–water partition coefficient (Wildman–Crippen LogP) is 0.275. The van der Waals surface area contributed by atoms with E-state index in [1.807, 2.05) is 30.3 Å². The lowest BCUT2D eigenvalue weighted by molar-refractivity contribution is -0.141. The normalized spacial score (nSPS) is 25.4. The number of rotatable bonds is 5. The van der Waals surface area contributed by atoms with E-state index in [9.17, 15) is 14.7 Å². The van der Waals surface area contributed by atoms with E-state index in [2.05, 4.69) is 5.32 Å². The molecule has 7 nitrogen and oxygen atoms in total. The molecule has 0 aliphatic carbocycles. The highest BCUT2D eigenvalue weighted by atomic mass is 16.5. The Bertz CT molecular complexity index is 579. The zero-order chi connectivity index (χ0) is 16.3. The molecular weight excluding hydrogens is 300 g/mol. The third-order valence-electron chi connectivity index (χ3n) is 4.35. The van der Waals surface area contributed by atoms with E-state index in [4.69, 9.17) is 9.47 Å². The van der Waals surface area contributed by atoms with Gasteiger partial charge in [0.25, 0.3) is 0 Å². The molecule has 0 saturated carbocycles. The zero-order valence-electron chi connectivity index (χ0n) is 12.7. The monoisotopic (exact) mass is 320 g/mol. The summed E-state index contributed by atoms with van der Waals surface area (Å²) in [6.45, 7) is 0.676. The smallest absolute Gasteiger partial charge is 0.407 e. The van der Waals surface area contributed by atoms with Crippen LogP contribution >= 0.6 is 0 Å². The maximum atomic E-state index is 12.3. The highest BCUT2D eigenvalue weighted by Gasteiger charge is 2.53. The van der Waals surface area contributed by atoms with Crippen LogP contribution in [-0.2, 0) is 20.9 Å². The number of carbonyl (C=O) groups excluding carboxylic acids is 2. The minimum absolute atomic E-state index is 0.0175. The molecule has 0 radical (unpaired) electrons. The lowest BCUT2D eigenvalue weighted by Crippen LogP contribution is -2.56. The number of carbonyl (C=O) groups is 2. The summed E-state index contributed by atoms with van der Waals surface area (Å²) in [5, 5.41) is 12.0. The van der Waals surface area contributed by atoms with Gasteiger partial charge in [0.05, 0.1) is 24.9 Å². The van der Waals surface area contributed by atoms with Crippen LogP contribution in [-0.4, -0.2) is 60.0 Å². The molecule has 2 N–H and O–H groups in total. The molecule has 1 aromatic rings. The van der Waals surface area contributed by atoms with Gasteiger partial charge in [-0.1, -0.05) is 30.3 Å². The van der Waals surface area contributed by atoms with E-state index in [-0.39, 0.29) is 31.8 Å². The van der Waals surface area contributed by atoms with Gasteiger partial charge in [-0.15, -0.1) is 0 Å². The molecule has 2 atom stereocenters. The average molecular weight is 320 g/mol. The van der Waals surface area contributed by atoms with Gasteiger partial charge in [0.2, 0.25) is 5.91 Å². The molecule has 0 aromatic heterocycles. The minimum atomic E-state index is -0.638. The fourth-order valence-electron chi connectivity index (χ4n) is 3.10. The third-order valence-corrected chi connectivity index (χ3v) is 4.35. The Morgan fingerprint density at radius 2 is 2.17 bits per heavy atom. The minimum Gasteiger partial charge on any atom is -0.445 e. The molecule has 2 amide bonds. The van der Waals surface area contributed by atoms with Crippen molar-refractivity contribution in [1.82, 2.24) is 10.2 Å². The van der Waals surface area contributed by atoms with Crippen molar-refractivity contribution < 1.29 is 24.2 Å². The highest BCUT2D eigenvalue weighted by Crippen LogP contribution is 2.37. The van der Waals surface area contributed by atoms with Crippen molar-refractivity contribution in [2.45, 2.75) is 24.7 Å². The Morgan fingerprint density at radius 1 is 1.39 bits per heavy atom. The molecule has 23 heavy (non-hydrogen) atoms. The fourth-order valence-corrected chi connectivity index (χ4v) is 3.10. The van der Waals surface area contributed by atoms with Gasteiger partial charge in [-0.2, -0.15) is 0 Å². The van der Waals surface area contributed by atoms with Gasteiger partial charge in [0, 0.05) is 13.0 Å². The molecule has 2 fully saturated rings. The van der Waals surface area contributed by atoms with Crippen LogP contribution in [0.1, 0.15) is 12.0 Å². The van der Waals surface area contributed by atoms with Gasteiger partial charge in [-0.05, 0) is 5.56 Å². The molecular formula is C16H20N2O5. The average Bonchev–Trinajstić information content (AvgIpc) is 3.17. The number of alkyl carbamates (subject to hydrolysis) is 1. The molecule has 3 rings (SSSR count). The summed E-state index contributed by atoms with van der Waals surface area (Å²) in [5.41, 5.74) is 0.249. The molecule has 1 aromatic carbocycles. The fraction of sp³-hybridized carbons (Fsp3) is 0.500. The highest BCUT2D eigenvalue weighted by molar-refractivity contribution is 5.83. The number of aliphatic hydroxyl groups excluding tert-OH is 1. The number of amides is 2. The zero-order valence-corrected chi connectivity index (χ0v) is 12.7. The van der Waals surface area contributed by atoms with Gasteiger partial charge < -0.3 is 24.8 Å². The topological polar surface area (TPSA) is 88.1 Å². The van der Waals surface area contributed by atoms with E-state index in [0.29, 0.717) is 19.6 Å². The standard InChI is InChI=1S/C16H20N2O5/c19-10-16-6-13(23-11-16)8-18(16)14(20)7-17-15(21)22-9-12-4-2-1-3-5-12/h1-5,13,19H,6-11H2,(H,17,21)/t13-,16+/m0/s1. The van der Waals surface area contributed by atoms with Crippen LogP contribution in [0.25, 0.3) is 0 Å². The molecule has 7 heteroatoms. The Kier molecular flexibility index (Phi) is 4.49. The SMILES string of the molecule is O=C(NCC(=O)N1C[C@@H]2C[C@@]1(CO)CO2)OCc1ccccc1. The molecule has 0 unspecified atom stereocenters. The summed E-state index contributed by atoms with van der Waals surface area (Å²) in [6, 6.07) is 9.30. The number of ether oxygens (including phenoxy) is 2. The van der Waals surface area contributed by atoms with E-state index >= 15 is 0 Å². The van der Waals surface area contributed by atoms with E-state index < -0.39 is 11.6 Å². The maximum Gasteiger partial charge on any atom is 0.407 e. The Hall–Kier alpha value is -2.12. The van der Waals surface area contributed by atoms with Crippen molar-refractivity contribution in [1.29, 1.82) is 0 Å². The van der Waals surface area contributed by atoms with Crippen LogP contribution in [0.3, 0.4) is 0 Å². The van der Waals surface area contributed by atoms with Crippen molar-refractivity contribution >= 4 is 12.0 Å². The van der Waals surface area contributed by atoms with Crippen LogP contribution < -0.4 is 5.32 Å². The summed E-state index contributed by atoms with van der Waals surface area (Å²) in [5.74, 6) is -0.235. The number of nitrogens with one attached hydrogen (secondary N) is 1. The number of aliphatic hydroxyl groups is 1. The van der Waals surface area contributed by atoms with Crippen LogP contribution in [0.2, 0.25) is 0 Å². The van der Waals surface area contributed by atoms with Crippen LogP contribution in [0.4, 0.5) is 4.79 Å². The predicted molar refractivity (Wildman–Crippen MR) is 80.5 cm³/mol. The summed E-state index contributed by atoms with van der Waals surface area (Å²) < 4.78 is 10.5. The van der Waals surface area contributed by atoms with E-state index in [0.717, 1.165) is 5.56 Å². The summed E-state index contributed by atoms with van der Waals surface area (Å²) in [7, 11) is 0. The van der Waals surface area contributed by atoms with Crippen LogP contribution in [0, 0.1) is 0 Å². The maximum absolute atomic E-state index is 12.3. The second-order valence-electron chi connectivity index (χ2n) is 5.94. The van der Waals surface area contributed by atoms with Gasteiger partial charge in [-0.25, -0.2) is 4.79 Å². The quantitative estimate of drug-likeness (QED) is 0.813. The van der Waals surface area contributed by atoms with Gasteiger partial charge in [0.15, 0.2) is 0 Å². The molecule has 2 aliphatic rings. The molecule has 2 saturated heterocycles. The number of benzene rings is 1. The summed E-state index contributed by atoms with van der Waals surface area (Å²) >= 11 is 0. The van der Waals surface area contributed by atoms with Crippen LogP contribution in [0.15, 0.2) is 30.3 Å². The first-order chi connectivity index (χ1) is 11.1. The van der Waals surface area contributed by atoms with Crippen molar-refractivity contribution in [3.05, 3.63) is 35.9 Å². The number of hydrogen-bond donors (Lipinski definition) is 2. The second kappa shape index (κ2) is 6.55. The van der Waals surface area contributed by atoms with E-state index in [1.165, 1.54) is 0 Å². The first kappa shape index (κ1) is 15.8. The number of fused-ring (bicyclic) bond motifs is 2. The molecule has 2 bridgehead atoms. The van der Waals surface area contributed by atoms with Crippen molar-refractivity contribution in [3.8, 4) is 0 Å².